The number of halogens is 1. The number of rotatable bonds is 3. The van der Waals surface area contributed by atoms with Crippen LogP contribution in [0.1, 0.15) is 5.56 Å². The highest BCUT2D eigenvalue weighted by molar-refractivity contribution is 7.91. The van der Waals surface area contributed by atoms with Crippen molar-refractivity contribution >= 4 is 44.3 Å². The fourth-order valence-corrected chi connectivity index (χ4v) is 5.35. The van der Waals surface area contributed by atoms with E-state index in [1.54, 1.807) is 37.6 Å². The third-order valence-electron chi connectivity index (χ3n) is 5.18. The third kappa shape index (κ3) is 3.06. The Balaban J connectivity index is 0.00000205. The first-order chi connectivity index (χ1) is 13.6. The van der Waals surface area contributed by atoms with Gasteiger partial charge in [0.15, 0.2) is 5.03 Å². The van der Waals surface area contributed by atoms with Crippen LogP contribution in [0.3, 0.4) is 0 Å². The van der Waals surface area contributed by atoms with Gasteiger partial charge >= 0.3 is 0 Å². The molecular weight excluding hydrogens is 412 g/mol. The Morgan fingerprint density at radius 3 is 2.62 bits per heavy atom. The van der Waals surface area contributed by atoms with Crippen LogP contribution in [0.4, 0.5) is 0 Å². The van der Waals surface area contributed by atoms with E-state index in [-0.39, 0.29) is 22.3 Å². The number of pyridine rings is 1. The number of hydrogen-bond donors (Lipinski definition) is 2. The second-order valence-corrected chi connectivity index (χ2v) is 8.75. The summed E-state index contributed by atoms with van der Waals surface area (Å²) in [5, 5.41) is 6.34. The highest BCUT2D eigenvalue weighted by atomic mass is 35.5. The topological polar surface area (TPSA) is 95.9 Å². The highest BCUT2D eigenvalue weighted by Gasteiger charge is 2.28. The maximum atomic E-state index is 13.5. The van der Waals surface area contributed by atoms with Crippen LogP contribution in [0, 0.1) is 6.92 Å². The normalized spacial score (nSPS) is 15.0. The number of fused-ring (bicyclic) bond motifs is 3. The lowest BCUT2D eigenvalue weighted by Gasteiger charge is -2.30. The molecule has 8 nitrogen and oxygen atoms in total. The number of hydrogen-bond acceptors (Lipinski definition) is 6. The molecule has 1 aromatic carbocycles. The van der Waals surface area contributed by atoms with Crippen LogP contribution in [0.15, 0.2) is 52.8 Å². The van der Waals surface area contributed by atoms with E-state index in [1.807, 2.05) is 16.8 Å². The molecule has 0 bridgehead atoms. The van der Waals surface area contributed by atoms with Crippen LogP contribution in [0.5, 0.6) is 0 Å². The van der Waals surface area contributed by atoms with Gasteiger partial charge in [-0.3, -0.25) is 0 Å². The smallest absolute Gasteiger partial charge is 0.226 e. The standard InChI is InChI=1S/C19H20N6O2S.ClH/c1-13-4-2-3-5-15(13)28(26,27)19-16-17(14-6-7-21-18(14)23-19)25(12-22-16)24-10-8-20-9-11-24;/h2-7,12,20H,8-11H2,1H3,(H,21,23);1H. The van der Waals surface area contributed by atoms with E-state index < -0.39 is 9.84 Å². The van der Waals surface area contributed by atoms with Crippen molar-refractivity contribution in [1.29, 1.82) is 0 Å². The van der Waals surface area contributed by atoms with E-state index in [4.69, 9.17) is 0 Å². The molecule has 3 aromatic heterocycles. The van der Waals surface area contributed by atoms with Gasteiger partial charge in [-0.2, -0.15) is 0 Å². The van der Waals surface area contributed by atoms with E-state index in [1.165, 1.54) is 0 Å². The molecule has 0 unspecified atom stereocenters. The zero-order chi connectivity index (χ0) is 19.3. The molecule has 5 rings (SSSR count). The SMILES string of the molecule is Cc1ccccc1S(=O)(=O)c1nc2[nH]ccc2c2c1ncn2N1CCNCC1.Cl. The molecule has 0 spiro atoms. The van der Waals surface area contributed by atoms with Crippen molar-refractivity contribution in [3.8, 4) is 0 Å². The Morgan fingerprint density at radius 1 is 1.10 bits per heavy atom. The van der Waals surface area contributed by atoms with Gasteiger partial charge in [-0.15, -0.1) is 12.4 Å². The largest absolute Gasteiger partial charge is 0.346 e. The van der Waals surface area contributed by atoms with Crippen molar-refractivity contribution in [3.63, 3.8) is 0 Å². The van der Waals surface area contributed by atoms with Crippen molar-refractivity contribution in [2.24, 2.45) is 0 Å². The molecule has 10 heteroatoms. The number of nitrogens with one attached hydrogen (secondary N) is 2. The van der Waals surface area contributed by atoms with Crippen LogP contribution in [-0.4, -0.2) is 54.2 Å². The fraction of sp³-hybridized carbons (Fsp3) is 0.263. The average molecular weight is 433 g/mol. The predicted molar refractivity (Wildman–Crippen MR) is 114 cm³/mol. The Morgan fingerprint density at radius 2 is 1.86 bits per heavy atom. The molecule has 1 saturated heterocycles. The molecule has 1 aliphatic rings. The van der Waals surface area contributed by atoms with Crippen LogP contribution in [0.2, 0.25) is 0 Å². The van der Waals surface area contributed by atoms with Gasteiger partial charge in [0.05, 0.1) is 4.90 Å². The lowest BCUT2D eigenvalue weighted by atomic mass is 10.2. The number of nitrogens with zero attached hydrogens (tertiary/aromatic N) is 4. The van der Waals surface area contributed by atoms with Gasteiger partial charge in [-0.05, 0) is 24.6 Å². The number of imidazole rings is 1. The summed E-state index contributed by atoms with van der Waals surface area (Å²) in [4.78, 5) is 12.3. The zero-order valence-electron chi connectivity index (χ0n) is 15.8. The van der Waals surface area contributed by atoms with Crippen LogP contribution >= 0.6 is 12.4 Å². The first-order valence-corrected chi connectivity index (χ1v) is 10.7. The van der Waals surface area contributed by atoms with Crippen LogP contribution in [-0.2, 0) is 9.84 Å². The molecule has 4 aromatic rings. The van der Waals surface area contributed by atoms with Crippen LogP contribution < -0.4 is 10.3 Å². The first kappa shape index (κ1) is 19.7. The third-order valence-corrected chi connectivity index (χ3v) is 7.01. The lowest BCUT2D eigenvalue weighted by molar-refractivity contribution is 0.498. The molecule has 0 saturated carbocycles. The number of piperazine rings is 1. The Labute approximate surface area is 174 Å². The van der Waals surface area contributed by atoms with E-state index in [9.17, 15) is 8.42 Å². The summed E-state index contributed by atoms with van der Waals surface area (Å²) < 4.78 is 28.9. The maximum absolute atomic E-state index is 13.5. The molecule has 152 valence electrons. The monoisotopic (exact) mass is 432 g/mol. The van der Waals surface area contributed by atoms with Gasteiger partial charge in [-0.1, -0.05) is 18.2 Å². The molecule has 0 aliphatic carbocycles. The van der Waals surface area contributed by atoms with Crippen molar-refractivity contribution < 1.29 is 8.42 Å². The van der Waals surface area contributed by atoms with Gasteiger partial charge < -0.3 is 15.3 Å². The molecule has 1 aliphatic heterocycles. The average Bonchev–Trinajstić information content (AvgIpc) is 3.34. The number of sulfone groups is 1. The van der Waals surface area contributed by atoms with Gasteiger partial charge in [-0.25, -0.2) is 23.1 Å². The van der Waals surface area contributed by atoms with Crippen LogP contribution in [0.25, 0.3) is 22.1 Å². The predicted octanol–water partition coefficient (Wildman–Crippen LogP) is 2.02. The van der Waals surface area contributed by atoms with Gasteiger partial charge in [0.25, 0.3) is 0 Å². The summed E-state index contributed by atoms with van der Waals surface area (Å²) >= 11 is 0. The summed E-state index contributed by atoms with van der Waals surface area (Å²) in [6.45, 7) is 5.17. The summed E-state index contributed by atoms with van der Waals surface area (Å²) in [5.41, 5.74) is 2.39. The van der Waals surface area contributed by atoms with E-state index >= 15 is 0 Å². The summed E-state index contributed by atoms with van der Waals surface area (Å²) in [6, 6.07) is 8.87. The summed E-state index contributed by atoms with van der Waals surface area (Å²) in [6.07, 6.45) is 3.47. The summed E-state index contributed by atoms with van der Waals surface area (Å²) in [5.74, 6) is 0. The van der Waals surface area contributed by atoms with E-state index in [0.717, 1.165) is 37.1 Å². The van der Waals surface area contributed by atoms with Crippen molar-refractivity contribution in [2.75, 3.05) is 31.2 Å². The number of aromatic nitrogens is 4. The minimum atomic E-state index is -3.82. The Bertz CT molecular complexity index is 1290. The quantitative estimate of drug-likeness (QED) is 0.514. The van der Waals surface area contributed by atoms with Gasteiger partial charge in [0.1, 0.15) is 23.0 Å². The summed E-state index contributed by atoms with van der Waals surface area (Å²) in [7, 11) is -3.82. The first-order valence-electron chi connectivity index (χ1n) is 9.18. The number of aryl methyl sites for hydroxylation is 1. The zero-order valence-corrected chi connectivity index (χ0v) is 17.4. The molecule has 29 heavy (non-hydrogen) atoms. The van der Waals surface area contributed by atoms with Crippen molar-refractivity contribution in [3.05, 3.63) is 48.4 Å². The Kier molecular flexibility index (Phi) is 4.97. The van der Waals surface area contributed by atoms with Crippen molar-refractivity contribution in [2.45, 2.75) is 16.8 Å². The van der Waals surface area contributed by atoms with E-state index in [2.05, 4.69) is 25.3 Å². The second kappa shape index (κ2) is 7.33. The molecule has 0 radical (unpaired) electrons. The number of aromatic amines is 1. The molecule has 1 fully saturated rings. The number of H-pyrrole nitrogens is 1. The molecule has 0 amide bonds. The van der Waals surface area contributed by atoms with E-state index in [0.29, 0.717) is 16.7 Å². The highest BCUT2D eigenvalue weighted by Crippen LogP contribution is 2.32. The van der Waals surface area contributed by atoms with Gasteiger partial charge in [0, 0.05) is 37.8 Å². The number of benzene rings is 1. The maximum Gasteiger partial charge on any atom is 0.226 e. The molecule has 0 atom stereocenters. The Hall–Kier alpha value is -2.62. The minimum Gasteiger partial charge on any atom is -0.346 e. The van der Waals surface area contributed by atoms with Crippen molar-refractivity contribution in [1.82, 2.24) is 24.9 Å². The lowest BCUT2D eigenvalue weighted by Crippen LogP contribution is -2.48. The molecular formula is C19H21ClN6O2S. The second-order valence-electron chi connectivity index (χ2n) is 6.92. The molecule has 2 N–H and O–H groups in total. The minimum absolute atomic E-state index is 0. The fourth-order valence-electron chi connectivity index (χ4n) is 3.78. The molecule has 4 heterocycles. The van der Waals surface area contributed by atoms with Gasteiger partial charge in [0.2, 0.25) is 9.84 Å².